The molecule has 1 unspecified atom stereocenters. The number of nitrogens with zero attached hydrogens (tertiary/aromatic N) is 1. The summed E-state index contributed by atoms with van der Waals surface area (Å²) in [6.07, 6.45) is 2.66. The summed E-state index contributed by atoms with van der Waals surface area (Å²) in [4.78, 5) is 4.53. The van der Waals surface area contributed by atoms with Gasteiger partial charge < -0.3 is 5.32 Å². The minimum Gasteiger partial charge on any atom is -0.378 e. The molecule has 1 heterocycles. The number of thiazole rings is 1. The predicted octanol–water partition coefficient (Wildman–Crippen LogP) is 5.17. The van der Waals surface area contributed by atoms with E-state index in [1.165, 1.54) is 28.8 Å². The van der Waals surface area contributed by atoms with Crippen LogP contribution in [-0.2, 0) is 0 Å². The first-order valence-corrected chi connectivity index (χ1v) is 8.30. The third-order valence-corrected chi connectivity index (χ3v) is 5.00. The van der Waals surface area contributed by atoms with Crippen molar-refractivity contribution in [2.45, 2.75) is 25.8 Å². The molecule has 0 saturated heterocycles. The first-order valence-electron chi connectivity index (χ1n) is 7.48. The number of anilines is 1. The minimum absolute atomic E-state index is 0.428. The van der Waals surface area contributed by atoms with Crippen LogP contribution in [0.4, 0.5) is 5.69 Å². The van der Waals surface area contributed by atoms with Gasteiger partial charge in [0.05, 0.1) is 21.3 Å². The van der Waals surface area contributed by atoms with E-state index in [2.05, 4.69) is 65.8 Å². The number of aromatic nitrogens is 1. The van der Waals surface area contributed by atoms with Crippen LogP contribution >= 0.6 is 11.3 Å². The zero-order valence-corrected chi connectivity index (χ0v) is 12.9. The number of fused-ring (bicyclic) bond motifs is 1. The van der Waals surface area contributed by atoms with E-state index < -0.39 is 0 Å². The second-order valence-electron chi connectivity index (χ2n) is 5.79. The molecule has 4 rings (SSSR count). The molecule has 1 fully saturated rings. The molecule has 0 radical (unpaired) electrons. The number of hydrogen-bond donors (Lipinski definition) is 1. The molecule has 1 aromatic heterocycles. The summed E-state index contributed by atoms with van der Waals surface area (Å²) in [7, 11) is 0. The van der Waals surface area contributed by atoms with Crippen molar-refractivity contribution in [3.63, 3.8) is 0 Å². The SMILES string of the molecule is Cc1nc2ccc(NC(c3ccccc3)C3CC3)cc2s1. The van der Waals surface area contributed by atoms with Crippen molar-refractivity contribution in [1.82, 2.24) is 4.98 Å². The van der Waals surface area contributed by atoms with Gasteiger partial charge in [-0.1, -0.05) is 30.3 Å². The van der Waals surface area contributed by atoms with E-state index in [1.807, 2.05) is 0 Å². The lowest BCUT2D eigenvalue weighted by atomic mass is 10.0. The normalized spacial score (nSPS) is 16.0. The maximum absolute atomic E-state index is 4.53. The summed E-state index contributed by atoms with van der Waals surface area (Å²) in [5.41, 5.74) is 3.69. The monoisotopic (exact) mass is 294 g/mol. The van der Waals surface area contributed by atoms with Gasteiger partial charge >= 0.3 is 0 Å². The second kappa shape index (κ2) is 5.15. The average molecular weight is 294 g/mol. The van der Waals surface area contributed by atoms with Crippen LogP contribution in [0.2, 0.25) is 0 Å². The standard InChI is InChI=1S/C18H18N2S/c1-12-19-16-10-9-15(11-17(16)21-12)20-18(14-7-8-14)13-5-3-2-4-6-13/h2-6,9-11,14,18,20H,7-8H2,1H3. The fourth-order valence-corrected chi connectivity index (χ4v) is 3.74. The fourth-order valence-electron chi connectivity index (χ4n) is 2.87. The van der Waals surface area contributed by atoms with Crippen LogP contribution < -0.4 is 5.32 Å². The van der Waals surface area contributed by atoms with Crippen molar-refractivity contribution in [2.24, 2.45) is 5.92 Å². The molecule has 1 saturated carbocycles. The summed E-state index contributed by atoms with van der Waals surface area (Å²) >= 11 is 1.76. The van der Waals surface area contributed by atoms with Crippen molar-refractivity contribution in [3.8, 4) is 0 Å². The first kappa shape index (κ1) is 12.8. The van der Waals surface area contributed by atoms with E-state index in [4.69, 9.17) is 0 Å². The van der Waals surface area contributed by atoms with Crippen LogP contribution in [0, 0.1) is 12.8 Å². The van der Waals surface area contributed by atoms with Gasteiger partial charge in [-0.15, -0.1) is 11.3 Å². The molecule has 1 aliphatic rings. The molecule has 1 N–H and O–H groups in total. The second-order valence-corrected chi connectivity index (χ2v) is 7.02. The van der Waals surface area contributed by atoms with Gasteiger partial charge in [0.2, 0.25) is 0 Å². The van der Waals surface area contributed by atoms with Gasteiger partial charge in [-0.25, -0.2) is 4.98 Å². The molecule has 21 heavy (non-hydrogen) atoms. The Morgan fingerprint density at radius 2 is 1.95 bits per heavy atom. The summed E-state index contributed by atoms with van der Waals surface area (Å²) in [5, 5.41) is 4.87. The molecule has 3 heteroatoms. The van der Waals surface area contributed by atoms with Crippen molar-refractivity contribution < 1.29 is 0 Å². The van der Waals surface area contributed by atoms with E-state index >= 15 is 0 Å². The highest BCUT2D eigenvalue weighted by atomic mass is 32.1. The van der Waals surface area contributed by atoms with E-state index in [9.17, 15) is 0 Å². The van der Waals surface area contributed by atoms with Crippen LogP contribution in [0.1, 0.15) is 29.5 Å². The van der Waals surface area contributed by atoms with Crippen LogP contribution in [0.5, 0.6) is 0 Å². The molecule has 2 aromatic carbocycles. The van der Waals surface area contributed by atoms with E-state index in [0.717, 1.165) is 16.4 Å². The third-order valence-electron chi connectivity index (χ3n) is 4.07. The van der Waals surface area contributed by atoms with Gasteiger partial charge in [-0.05, 0) is 49.4 Å². The Morgan fingerprint density at radius 1 is 1.14 bits per heavy atom. The maximum atomic E-state index is 4.53. The lowest BCUT2D eigenvalue weighted by Crippen LogP contribution is -2.12. The topological polar surface area (TPSA) is 24.9 Å². The zero-order chi connectivity index (χ0) is 14.2. The smallest absolute Gasteiger partial charge is 0.0907 e. The lowest BCUT2D eigenvalue weighted by molar-refractivity contribution is 0.679. The largest absolute Gasteiger partial charge is 0.378 e. The summed E-state index contributed by atoms with van der Waals surface area (Å²) < 4.78 is 1.26. The quantitative estimate of drug-likeness (QED) is 0.718. The van der Waals surface area contributed by atoms with E-state index in [1.54, 1.807) is 11.3 Å². The summed E-state index contributed by atoms with van der Waals surface area (Å²) in [6, 6.07) is 17.7. The number of aryl methyl sites for hydroxylation is 1. The Hall–Kier alpha value is -1.87. The maximum Gasteiger partial charge on any atom is 0.0907 e. The Bertz CT molecular complexity index is 759. The Labute approximate surface area is 128 Å². The molecule has 1 atom stereocenters. The third kappa shape index (κ3) is 2.66. The van der Waals surface area contributed by atoms with Crippen molar-refractivity contribution in [1.29, 1.82) is 0 Å². The number of hydrogen-bond acceptors (Lipinski definition) is 3. The number of rotatable bonds is 4. The average Bonchev–Trinajstić information content (AvgIpc) is 3.27. The summed E-state index contributed by atoms with van der Waals surface area (Å²) in [5.74, 6) is 0.770. The van der Waals surface area contributed by atoms with Crippen molar-refractivity contribution in [3.05, 3.63) is 59.1 Å². The number of benzene rings is 2. The molecule has 0 amide bonds. The Balaban J connectivity index is 1.64. The Morgan fingerprint density at radius 3 is 2.71 bits per heavy atom. The molecule has 0 aliphatic heterocycles. The van der Waals surface area contributed by atoms with Crippen LogP contribution in [0.3, 0.4) is 0 Å². The van der Waals surface area contributed by atoms with Gasteiger partial charge in [0.1, 0.15) is 0 Å². The van der Waals surface area contributed by atoms with Gasteiger partial charge in [-0.3, -0.25) is 0 Å². The van der Waals surface area contributed by atoms with Gasteiger partial charge in [0.15, 0.2) is 0 Å². The summed E-state index contributed by atoms with van der Waals surface area (Å²) in [6.45, 7) is 2.06. The fraction of sp³-hybridized carbons (Fsp3) is 0.278. The van der Waals surface area contributed by atoms with Crippen molar-refractivity contribution in [2.75, 3.05) is 5.32 Å². The van der Waals surface area contributed by atoms with Crippen LogP contribution in [0.25, 0.3) is 10.2 Å². The van der Waals surface area contributed by atoms with Crippen LogP contribution in [0.15, 0.2) is 48.5 Å². The van der Waals surface area contributed by atoms with Gasteiger partial charge in [0.25, 0.3) is 0 Å². The molecule has 0 bridgehead atoms. The highest BCUT2D eigenvalue weighted by Crippen LogP contribution is 2.43. The van der Waals surface area contributed by atoms with Crippen molar-refractivity contribution >= 4 is 27.2 Å². The highest BCUT2D eigenvalue weighted by Gasteiger charge is 2.32. The van der Waals surface area contributed by atoms with E-state index in [-0.39, 0.29) is 0 Å². The molecule has 1 aliphatic carbocycles. The molecular weight excluding hydrogens is 276 g/mol. The first-order chi connectivity index (χ1) is 10.3. The van der Waals surface area contributed by atoms with E-state index in [0.29, 0.717) is 6.04 Å². The van der Waals surface area contributed by atoms with Crippen LogP contribution in [-0.4, -0.2) is 4.98 Å². The molecule has 0 spiro atoms. The zero-order valence-electron chi connectivity index (χ0n) is 12.0. The predicted molar refractivity (Wildman–Crippen MR) is 89.9 cm³/mol. The highest BCUT2D eigenvalue weighted by molar-refractivity contribution is 7.18. The molecule has 3 aromatic rings. The molecule has 106 valence electrons. The van der Waals surface area contributed by atoms with Gasteiger partial charge in [-0.2, -0.15) is 0 Å². The van der Waals surface area contributed by atoms with Gasteiger partial charge in [0, 0.05) is 5.69 Å². The molecule has 2 nitrogen and oxygen atoms in total. The molecular formula is C18H18N2S. The Kier molecular flexibility index (Phi) is 3.15. The number of nitrogens with one attached hydrogen (secondary N) is 1. The minimum atomic E-state index is 0.428. The lowest BCUT2D eigenvalue weighted by Gasteiger charge is -2.20.